The van der Waals surface area contributed by atoms with E-state index in [1.807, 2.05) is 0 Å². The Morgan fingerprint density at radius 1 is 0.826 bits per heavy atom. The second-order valence-electron chi connectivity index (χ2n) is 6.92. The van der Waals surface area contributed by atoms with Crippen LogP contribution in [0.4, 0.5) is 0 Å². The summed E-state index contributed by atoms with van der Waals surface area (Å²) in [5, 5.41) is 2.73. The van der Waals surface area contributed by atoms with Crippen LogP contribution in [0.25, 0.3) is 10.8 Å². The van der Waals surface area contributed by atoms with E-state index in [-0.39, 0.29) is 0 Å². The molecule has 0 N–H and O–H groups in total. The minimum atomic E-state index is 0.476. The predicted octanol–water partition coefficient (Wildman–Crippen LogP) is 7.50. The van der Waals surface area contributed by atoms with E-state index in [0.29, 0.717) is 11.8 Å². The number of rotatable bonds is 9. The van der Waals surface area contributed by atoms with Crippen molar-refractivity contribution in [2.45, 2.75) is 65.2 Å². The van der Waals surface area contributed by atoms with Gasteiger partial charge < -0.3 is 0 Å². The first-order valence-corrected chi connectivity index (χ1v) is 9.38. The zero-order valence-corrected chi connectivity index (χ0v) is 15.1. The fraction of sp³-hybridized carbons (Fsp3) is 0.478. The van der Waals surface area contributed by atoms with Gasteiger partial charge in [-0.25, -0.2) is 0 Å². The van der Waals surface area contributed by atoms with E-state index in [4.69, 9.17) is 0 Å². The third-order valence-electron chi connectivity index (χ3n) is 4.81. The lowest BCUT2D eigenvalue weighted by atomic mass is 9.93. The van der Waals surface area contributed by atoms with Crippen LogP contribution in [0, 0.1) is 5.92 Å². The molecule has 0 radical (unpaired) electrons. The predicted molar refractivity (Wildman–Crippen MR) is 104 cm³/mol. The molecule has 0 aliphatic rings. The number of benzene rings is 2. The molecule has 0 nitrogen and oxygen atoms in total. The Morgan fingerprint density at radius 2 is 1.57 bits per heavy atom. The number of hydrogen-bond donors (Lipinski definition) is 0. The smallest absolute Gasteiger partial charge is 0.000419 e. The molecule has 2 aromatic carbocycles. The number of hydrogen-bond acceptors (Lipinski definition) is 0. The Bertz CT molecular complexity index is 603. The summed E-state index contributed by atoms with van der Waals surface area (Å²) in [6.07, 6.45) is 13.0. The third kappa shape index (κ3) is 5.53. The summed E-state index contributed by atoms with van der Waals surface area (Å²) in [6.45, 7) is 6.94. The van der Waals surface area contributed by atoms with E-state index in [1.165, 1.54) is 54.9 Å². The van der Waals surface area contributed by atoms with Crippen molar-refractivity contribution in [2.24, 2.45) is 5.92 Å². The third-order valence-corrected chi connectivity index (χ3v) is 4.81. The van der Waals surface area contributed by atoms with Gasteiger partial charge in [0.2, 0.25) is 0 Å². The number of unbranched alkanes of at least 4 members (excludes halogenated alkanes) is 4. The summed E-state index contributed by atoms with van der Waals surface area (Å²) in [7, 11) is 0. The second-order valence-corrected chi connectivity index (χ2v) is 6.92. The van der Waals surface area contributed by atoms with E-state index in [0.717, 1.165) is 0 Å². The lowest BCUT2D eigenvalue weighted by molar-refractivity contribution is 0.549. The molecule has 23 heavy (non-hydrogen) atoms. The van der Waals surface area contributed by atoms with Gasteiger partial charge in [-0.1, -0.05) is 107 Å². The van der Waals surface area contributed by atoms with E-state index < -0.39 is 0 Å². The van der Waals surface area contributed by atoms with Crippen molar-refractivity contribution in [3.05, 3.63) is 60.2 Å². The molecule has 0 saturated heterocycles. The summed E-state index contributed by atoms with van der Waals surface area (Å²) in [5.41, 5.74) is 1.44. The molecule has 0 saturated carbocycles. The molecule has 0 heterocycles. The summed E-state index contributed by atoms with van der Waals surface area (Å²) < 4.78 is 0. The van der Waals surface area contributed by atoms with Crippen LogP contribution < -0.4 is 0 Å². The average molecular weight is 309 g/mol. The van der Waals surface area contributed by atoms with Crippen LogP contribution in [-0.2, 0) is 0 Å². The Hall–Kier alpha value is -1.56. The lowest BCUT2D eigenvalue weighted by Gasteiger charge is -2.12. The normalized spacial score (nSPS) is 14.4. The Kier molecular flexibility index (Phi) is 7.39. The summed E-state index contributed by atoms with van der Waals surface area (Å²) >= 11 is 0. The largest absolute Gasteiger partial charge is 0.0851 e. The van der Waals surface area contributed by atoms with Crippen molar-refractivity contribution in [3.63, 3.8) is 0 Å². The van der Waals surface area contributed by atoms with Crippen LogP contribution in [0.2, 0.25) is 0 Å². The highest BCUT2D eigenvalue weighted by molar-refractivity contribution is 5.86. The van der Waals surface area contributed by atoms with Gasteiger partial charge in [0.15, 0.2) is 0 Å². The minimum absolute atomic E-state index is 0.476. The highest BCUT2D eigenvalue weighted by Gasteiger charge is 2.06. The van der Waals surface area contributed by atoms with Crippen LogP contribution in [0.5, 0.6) is 0 Å². The Morgan fingerprint density at radius 3 is 2.39 bits per heavy atom. The molecule has 124 valence electrons. The van der Waals surface area contributed by atoms with Crippen LogP contribution in [0.1, 0.15) is 70.8 Å². The molecule has 0 aliphatic heterocycles. The van der Waals surface area contributed by atoms with Gasteiger partial charge in [0.1, 0.15) is 0 Å². The summed E-state index contributed by atoms with van der Waals surface area (Å²) in [5.74, 6) is 1.16. The molecule has 0 fully saturated rings. The van der Waals surface area contributed by atoms with Crippen molar-refractivity contribution in [1.29, 1.82) is 0 Å². The van der Waals surface area contributed by atoms with Crippen LogP contribution in [0.15, 0.2) is 54.6 Å². The second kappa shape index (κ2) is 9.55. The quantitative estimate of drug-likeness (QED) is 0.332. The van der Waals surface area contributed by atoms with Crippen molar-refractivity contribution >= 4 is 10.8 Å². The van der Waals surface area contributed by atoms with Crippen molar-refractivity contribution in [3.8, 4) is 0 Å². The highest BCUT2D eigenvalue weighted by Crippen LogP contribution is 2.27. The van der Waals surface area contributed by atoms with Gasteiger partial charge in [0, 0.05) is 0 Å². The first-order chi connectivity index (χ1) is 11.2. The summed E-state index contributed by atoms with van der Waals surface area (Å²) in [6, 6.07) is 15.4. The number of allylic oxidation sites excluding steroid dienone is 2. The van der Waals surface area contributed by atoms with Crippen LogP contribution >= 0.6 is 0 Å². The van der Waals surface area contributed by atoms with Gasteiger partial charge in [0.05, 0.1) is 0 Å². The van der Waals surface area contributed by atoms with Gasteiger partial charge in [-0.3, -0.25) is 0 Å². The maximum absolute atomic E-state index is 2.42. The van der Waals surface area contributed by atoms with Crippen molar-refractivity contribution in [1.82, 2.24) is 0 Å². The van der Waals surface area contributed by atoms with E-state index in [2.05, 4.69) is 75.4 Å². The Labute approximate surface area is 142 Å². The monoisotopic (exact) mass is 308 g/mol. The zero-order valence-electron chi connectivity index (χ0n) is 15.1. The fourth-order valence-electron chi connectivity index (χ4n) is 3.27. The van der Waals surface area contributed by atoms with E-state index in [1.54, 1.807) is 0 Å². The lowest BCUT2D eigenvalue weighted by Crippen LogP contribution is -1.94. The molecule has 0 amide bonds. The molecule has 0 aromatic heterocycles. The molecule has 2 atom stereocenters. The van der Waals surface area contributed by atoms with Gasteiger partial charge >= 0.3 is 0 Å². The topological polar surface area (TPSA) is 0 Å². The van der Waals surface area contributed by atoms with Crippen molar-refractivity contribution in [2.75, 3.05) is 0 Å². The molecule has 0 aliphatic carbocycles. The highest BCUT2D eigenvalue weighted by atomic mass is 14.1. The first-order valence-electron chi connectivity index (χ1n) is 9.38. The van der Waals surface area contributed by atoms with Gasteiger partial charge in [-0.15, -0.1) is 0 Å². The first kappa shape index (κ1) is 17.8. The molecular weight excluding hydrogens is 276 g/mol. The van der Waals surface area contributed by atoms with Crippen molar-refractivity contribution < 1.29 is 0 Å². The Balaban J connectivity index is 1.91. The van der Waals surface area contributed by atoms with E-state index in [9.17, 15) is 0 Å². The molecule has 0 heteroatoms. The molecular formula is C23H32. The molecule has 0 spiro atoms. The van der Waals surface area contributed by atoms with Crippen LogP contribution in [-0.4, -0.2) is 0 Å². The molecule has 2 aromatic rings. The fourth-order valence-corrected chi connectivity index (χ4v) is 3.27. The average Bonchev–Trinajstić information content (AvgIpc) is 2.59. The number of fused-ring (bicyclic) bond motifs is 1. The molecule has 0 unspecified atom stereocenters. The van der Waals surface area contributed by atoms with E-state index >= 15 is 0 Å². The van der Waals surface area contributed by atoms with Gasteiger partial charge in [-0.2, -0.15) is 0 Å². The van der Waals surface area contributed by atoms with Gasteiger partial charge in [0.25, 0.3) is 0 Å². The standard InChI is InChI=1S/C23H32/c1-4-5-6-7-8-12-19(2)17-18-20(3)22-16-11-14-21-13-9-10-15-23(21)22/h9-11,13-20H,4-8,12H2,1-3H3/b18-17-/t19-,20+/m0/s1. The summed E-state index contributed by atoms with van der Waals surface area (Å²) in [4.78, 5) is 0. The van der Waals surface area contributed by atoms with Crippen LogP contribution in [0.3, 0.4) is 0 Å². The maximum Gasteiger partial charge on any atom is -0.000419 e. The molecule has 2 rings (SSSR count). The zero-order chi connectivity index (χ0) is 16.5. The molecule has 0 bridgehead atoms. The maximum atomic E-state index is 2.42. The van der Waals surface area contributed by atoms with Gasteiger partial charge in [-0.05, 0) is 34.6 Å². The minimum Gasteiger partial charge on any atom is -0.0851 e. The SMILES string of the molecule is CCCCCCC[C@H](C)/C=C\[C@@H](C)c1cccc2ccccc12.